The van der Waals surface area contributed by atoms with Gasteiger partial charge in [-0.05, 0) is 147 Å². The Balaban J connectivity index is 0.977. The van der Waals surface area contributed by atoms with E-state index in [1.807, 2.05) is 12.3 Å². The number of aromatic nitrogens is 2. The number of nitrogens with zero attached hydrogens (tertiary/aromatic N) is 3. The summed E-state index contributed by atoms with van der Waals surface area (Å²) in [5, 5.41) is 2.53. The lowest BCUT2D eigenvalue weighted by molar-refractivity contribution is 0.415. The average molecular weight is 770 g/mol. The van der Waals surface area contributed by atoms with Gasteiger partial charge >= 0.3 is 0 Å². The molecule has 7 aromatic carbocycles. The highest BCUT2D eigenvalue weighted by Gasteiger charge is 2.43. The predicted octanol–water partition coefficient (Wildman–Crippen LogP) is 14.6. The molecular formula is C57H43N3. The maximum atomic E-state index is 4.69. The lowest BCUT2D eigenvalue weighted by Crippen LogP contribution is -2.24. The molecule has 286 valence electrons. The van der Waals surface area contributed by atoms with E-state index < -0.39 is 0 Å². The van der Waals surface area contributed by atoms with Gasteiger partial charge in [-0.25, -0.2) is 0 Å². The highest BCUT2D eigenvalue weighted by atomic mass is 15.1. The van der Waals surface area contributed by atoms with Crippen LogP contribution >= 0.6 is 0 Å². The van der Waals surface area contributed by atoms with E-state index in [9.17, 15) is 0 Å². The molecule has 0 amide bonds. The molecule has 3 aliphatic rings. The number of allylic oxidation sites excluding steroid dienone is 4. The lowest BCUT2D eigenvalue weighted by Gasteiger charge is -2.34. The van der Waals surface area contributed by atoms with Crippen LogP contribution in [0.2, 0.25) is 0 Å². The van der Waals surface area contributed by atoms with Crippen molar-refractivity contribution in [2.45, 2.75) is 32.2 Å². The van der Waals surface area contributed by atoms with E-state index in [1.54, 1.807) is 0 Å². The van der Waals surface area contributed by atoms with Gasteiger partial charge in [0, 0.05) is 51.7 Å². The van der Waals surface area contributed by atoms with Crippen molar-refractivity contribution in [2.24, 2.45) is 5.92 Å². The first-order chi connectivity index (χ1) is 29.5. The Bertz CT molecular complexity index is 3220. The van der Waals surface area contributed by atoms with E-state index in [0.717, 1.165) is 18.7 Å². The first-order valence-corrected chi connectivity index (χ1v) is 21.2. The van der Waals surface area contributed by atoms with Gasteiger partial charge in [-0.3, -0.25) is 4.98 Å². The van der Waals surface area contributed by atoms with Crippen LogP contribution in [0.25, 0.3) is 72.2 Å². The minimum absolute atomic E-state index is 0.0530. The highest BCUT2D eigenvalue weighted by Crippen LogP contribution is 2.55. The topological polar surface area (TPSA) is 21.1 Å². The third-order valence-corrected chi connectivity index (χ3v) is 13.6. The van der Waals surface area contributed by atoms with Gasteiger partial charge in [-0.1, -0.05) is 123 Å². The number of fused-ring (bicyclic) bond motifs is 9. The van der Waals surface area contributed by atoms with Crippen molar-refractivity contribution >= 4 is 44.3 Å². The van der Waals surface area contributed by atoms with Crippen molar-refractivity contribution in [3.8, 4) is 39.2 Å². The molecule has 3 heteroatoms. The van der Waals surface area contributed by atoms with Gasteiger partial charge in [0.05, 0.1) is 16.7 Å². The second kappa shape index (κ2) is 13.4. The Morgan fingerprint density at radius 2 is 1.23 bits per heavy atom. The van der Waals surface area contributed by atoms with Crippen LogP contribution in [0, 0.1) is 5.92 Å². The van der Waals surface area contributed by atoms with Crippen LogP contribution in [0.4, 0.5) is 11.4 Å². The van der Waals surface area contributed by atoms with Gasteiger partial charge in [0.25, 0.3) is 0 Å². The Kier molecular flexibility index (Phi) is 7.77. The largest absolute Gasteiger partial charge is 0.336 e. The van der Waals surface area contributed by atoms with E-state index in [4.69, 9.17) is 0 Å². The molecule has 9 aromatic rings. The smallest absolute Gasteiger partial charge is 0.0702 e. The maximum absolute atomic E-state index is 4.69. The molecule has 0 fully saturated rings. The fourth-order valence-electron chi connectivity index (χ4n) is 10.5. The van der Waals surface area contributed by atoms with Crippen molar-refractivity contribution in [1.29, 1.82) is 0 Å². The molecular weight excluding hydrogens is 727 g/mol. The molecule has 1 aliphatic heterocycles. The van der Waals surface area contributed by atoms with Crippen LogP contribution in [0.5, 0.6) is 0 Å². The SMILES string of the molecule is CC1(C)c2ccc(-c3ccccn3)cc2C2=CC(c3ccc4c(c3)-c3cc(-c5ccc6c(c5)c5ccccc5n6-c5ccccc5)ccc3N(c3ccccc3)C4)=CCC21. The van der Waals surface area contributed by atoms with Crippen LogP contribution in [-0.2, 0) is 12.0 Å². The molecule has 0 spiro atoms. The number of anilines is 2. The molecule has 0 bridgehead atoms. The molecule has 1 unspecified atom stereocenters. The summed E-state index contributed by atoms with van der Waals surface area (Å²) in [5.74, 6) is 0.439. The molecule has 12 rings (SSSR count). The first kappa shape index (κ1) is 34.8. The molecule has 2 aromatic heterocycles. The summed E-state index contributed by atoms with van der Waals surface area (Å²) in [5.41, 5.74) is 21.5. The molecule has 0 saturated carbocycles. The number of hydrogen-bond donors (Lipinski definition) is 0. The summed E-state index contributed by atoms with van der Waals surface area (Å²) in [6.07, 6.45) is 7.88. The molecule has 0 N–H and O–H groups in total. The summed E-state index contributed by atoms with van der Waals surface area (Å²) < 4.78 is 2.39. The van der Waals surface area contributed by atoms with Crippen molar-refractivity contribution in [3.63, 3.8) is 0 Å². The van der Waals surface area contributed by atoms with Gasteiger partial charge in [0.2, 0.25) is 0 Å². The summed E-state index contributed by atoms with van der Waals surface area (Å²) in [7, 11) is 0. The third kappa shape index (κ3) is 5.39. The van der Waals surface area contributed by atoms with Crippen LogP contribution in [0.15, 0.2) is 194 Å². The monoisotopic (exact) mass is 769 g/mol. The molecule has 1 atom stereocenters. The zero-order valence-corrected chi connectivity index (χ0v) is 33.8. The van der Waals surface area contributed by atoms with Crippen molar-refractivity contribution in [2.75, 3.05) is 4.90 Å². The van der Waals surface area contributed by atoms with Crippen LogP contribution < -0.4 is 4.90 Å². The number of pyridine rings is 1. The van der Waals surface area contributed by atoms with Crippen LogP contribution in [0.1, 0.15) is 42.5 Å². The standard InChI is InChI=1S/C57H43N3/c1-57(2)51-26-22-38(32-47(51)48-35-41(23-27-52(48)57)53-18-11-12-30-58-53)37-20-21-42-36-59(43-13-5-3-6-14-43)54-28-24-39(34-50(54)46(42)31-37)40-25-29-56-49(33-40)45-17-9-10-19-55(45)60(56)44-15-7-4-8-16-44/h3-25,27-35,51H,26,36H2,1-2H3. The fourth-order valence-corrected chi connectivity index (χ4v) is 10.5. The predicted molar refractivity (Wildman–Crippen MR) is 251 cm³/mol. The second-order valence-corrected chi connectivity index (χ2v) is 17.2. The highest BCUT2D eigenvalue weighted by molar-refractivity contribution is 6.10. The summed E-state index contributed by atoms with van der Waals surface area (Å²) in [4.78, 5) is 7.16. The van der Waals surface area contributed by atoms with Gasteiger partial charge < -0.3 is 9.47 Å². The molecule has 0 saturated heterocycles. The average Bonchev–Trinajstić information content (AvgIpc) is 3.76. The molecule has 3 nitrogen and oxygen atoms in total. The molecule has 60 heavy (non-hydrogen) atoms. The van der Waals surface area contributed by atoms with Crippen molar-refractivity contribution < 1.29 is 0 Å². The number of para-hydroxylation sites is 3. The maximum Gasteiger partial charge on any atom is 0.0702 e. The zero-order valence-electron chi connectivity index (χ0n) is 33.8. The van der Waals surface area contributed by atoms with Crippen LogP contribution in [-0.4, -0.2) is 9.55 Å². The van der Waals surface area contributed by atoms with Crippen molar-refractivity contribution in [3.05, 3.63) is 217 Å². The third-order valence-electron chi connectivity index (χ3n) is 13.6. The van der Waals surface area contributed by atoms with E-state index >= 15 is 0 Å². The zero-order chi connectivity index (χ0) is 40.0. The Hall–Kier alpha value is -7.23. The molecule has 2 aliphatic carbocycles. The van der Waals surface area contributed by atoms with Gasteiger partial charge in [-0.15, -0.1) is 0 Å². The number of hydrogen-bond acceptors (Lipinski definition) is 2. The van der Waals surface area contributed by atoms with E-state index in [1.165, 1.54) is 100 Å². The molecule has 0 radical (unpaired) electrons. The van der Waals surface area contributed by atoms with Gasteiger partial charge in [0.1, 0.15) is 0 Å². The van der Waals surface area contributed by atoms with E-state index in [-0.39, 0.29) is 5.41 Å². The fraction of sp³-hybridized carbons (Fsp3) is 0.105. The second-order valence-electron chi connectivity index (χ2n) is 17.2. The van der Waals surface area contributed by atoms with Gasteiger partial charge in [0.15, 0.2) is 0 Å². The minimum atomic E-state index is 0.0530. The van der Waals surface area contributed by atoms with Crippen molar-refractivity contribution in [1.82, 2.24) is 9.55 Å². The van der Waals surface area contributed by atoms with E-state index in [0.29, 0.717) is 5.92 Å². The quantitative estimate of drug-likeness (QED) is 0.174. The Morgan fingerprint density at radius 3 is 2.07 bits per heavy atom. The Labute approximate surface area is 351 Å². The number of benzene rings is 7. The van der Waals surface area contributed by atoms with Crippen LogP contribution in [0.3, 0.4) is 0 Å². The minimum Gasteiger partial charge on any atom is -0.336 e. The summed E-state index contributed by atoms with van der Waals surface area (Å²) >= 11 is 0. The summed E-state index contributed by atoms with van der Waals surface area (Å²) in [6, 6.07) is 64.7. The normalized spacial score (nSPS) is 16.2. The van der Waals surface area contributed by atoms with E-state index in [2.05, 4.69) is 210 Å². The van der Waals surface area contributed by atoms with Gasteiger partial charge in [-0.2, -0.15) is 0 Å². The molecule has 3 heterocycles. The number of rotatable bonds is 5. The lowest BCUT2D eigenvalue weighted by atomic mass is 9.73. The Morgan fingerprint density at radius 1 is 0.550 bits per heavy atom. The first-order valence-electron chi connectivity index (χ1n) is 21.2. The summed E-state index contributed by atoms with van der Waals surface area (Å²) in [6.45, 7) is 5.65.